The predicted molar refractivity (Wildman–Crippen MR) is 98.4 cm³/mol. The Balaban J connectivity index is 1.69. The normalized spacial score (nSPS) is 16.2. The van der Waals surface area contributed by atoms with E-state index < -0.39 is 10.2 Å². The monoisotopic (exact) mass is 381 g/mol. The molecule has 1 aliphatic heterocycles. The first-order chi connectivity index (χ1) is 12.4. The number of hydrogen-bond donors (Lipinski definition) is 3. The highest BCUT2D eigenvalue weighted by atomic mass is 32.2. The highest BCUT2D eigenvalue weighted by Crippen LogP contribution is 2.35. The molecule has 9 nitrogen and oxygen atoms in total. The van der Waals surface area contributed by atoms with Crippen LogP contribution < -0.4 is 19.5 Å². The average Bonchev–Trinajstić information content (AvgIpc) is 2.60. The molecule has 0 saturated carbocycles. The second-order valence-corrected chi connectivity index (χ2v) is 7.78. The van der Waals surface area contributed by atoms with Crippen molar-refractivity contribution in [1.29, 1.82) is 0 Å². The molecule has 1 saturated heterocycles. The van der Waals surface area contributed by atoms with Gasteiger partial charge in [-0.1, -0.05) is 0 Å². The number of aromatic hydroxyl groups is 1. The van der Waals surface area contributed by atoms with Crippen molar-refractivity contribution < 1.29 is 18.3 Å². The number of piperidine rings is 1. The average molecular weight is 381 g/mol. The number of aromatic nitrogens is 2. The molecule has 0 unspecified atom stereocenters. The van der Waals surface area contributed by atoms with Crippen molar-refractivity contribution in [3.8, 4) is 11.5 Å². The van der Waals surface area contributed by atoms with Crippen LogP contribution in [0.1, 0.15) is 19.3 Å². The lowest BCUT2D eigenvalue weighted by Crippen LogP contribution is -2.37. The highest BCUT2D eigenvalue weighted by molar-refractivity contribution is 7.87. The number of phenols is 1. The van der Waals surface area contributed by atoms with Crippen LogP contribution in [0.15, 0.2) is 18.5 Å². The van der Waals surface area contributed by atoms with Gasteiger partial charge in [0.05, 0.1) is 12.6 Å². The Hall–Kier alpha value is -2.17. The van der Waals surface area contributed by atoms with Gasteiger partial charge in [0.2, 0.25) is 0 Å². The van der Waals surface area contributed by atoms with E-state index in [-0.39, 0.29) is 5.75 Å². The number of methoxy groups -OCH3 is 1. The molecule has 1 aromatic heterocycles. The first-order valence-electron chi connectivity index (χ1n) is 8.41. The van der Waals surface area contributed by atoms with Crippen molar-refractivity contribution in [3.63, 3.8) is 0 Å². The van der Waals surface area contributed by atoms with Gasteiger partial charge >= 0.3 is 0 Å². The maximum absolute atomic E-state index is 10.9. The number of hydrogen-bond acceptors (Lipinski definition) is 7. The summed E-state index contributed by atoms with van der Waals surface area (Å²) in [6, 6.07) is 3.33. The third-order valence-electron chi connectivity index (χ3n) is 4.68. The molecule has 0 bridgehead atoms. The van der Waals surface area contributed by atoms with Crippen molar-refractivity contribution >= 4 is 26.9 Å². The van der Waals surface area contributed by atoms with E-state index >= 15 is 0 Å². The molecule has 142 valence electrons. The standard InChI is InChI=1S/C16H23N5O4S/c1-25-15-9-13-12(8-14(15)22)16(19-10-18-13)21-6-3-11(4-7-21)2-5-20-26(17,23)24/h8-11,20,22H,2-7H2,1H3,(H2,17,23,24). The summed E-state index contributed by atoms with van der Waals surface area (Å²) in [5.74, 6) is 1.65. The molecule has 1 aliphatic rings. The van der Waals surface area contributed by atoms with Gasteiger partial charge in [-0.25, -0.2) is 19.8 Å². The van der Waals surface area contributed by atoms with E-state index in [9.17, 15) is 13.5 Å². The molecule has 2 heterocycles. The van der Waals surface area contributed by atoms with Crippen LogP contribution in [0, 0.1) is 5.92 Å². The summed E-state index contributed by atoms with van der Waals surface area (Å²) in [5.41, 5.74) is 0.712. The summed E-state index contributed by atoms with van der Waals surface area (Å²) in [4.78, 5) is 10.8. The van der Waals surface area contributed by atoms with Crippen molar-refractivity contribution in [1.82, 2.24) is 14.7 Å². The Morgan fingerprint density at radius 1 is 1.35 bits per heavy atom. The predicted octanol–water partition coefficient (Wildman–Crippen LogP) is 0.744. The van der Waals surface area contributed by atoms with Gasteiger partial charge < -0.3 is 14.7 Å². The number of phenolic OH excluding ortho intramolecular Hbond substituents is 1. The number of nitrogens with one attached hydrogen (secondary N) is 1. The van der Waals surface area contributed by atoms with Crippen LogP contribution in [0.5, 0.6) is 11.5 Å². The van der Waals surface area contributed by atoms with Gasteiger partial charge in [0.1, 0.15) is 12.1 Å². The number of benzene rings is 1. The summed E-state index contributed by atoms with van der Waals surface area (Å²) in [5, 5.41) is 15.8. The molecule has 4 N–H and O–H groups in total. The molecule has 0 spiro atoms. The van der Waals surface area contributed by atoms with Gasteiger partial charge in [0, 0.05) is 31.1 Å². The van der Waals surface area contributed by atoms with Crippen molar-refractivity contribution in [2.24, 2.45) is 11.1 Å². The van der Waals surface area contributed by atoms with Crippen LogP contribution in [0.2, 0.25) is 0 Å². The Morgan fingerprint density at radius 2 is 2.08 bits per heavy atom. The quantitative estimate of drug-likeness (QED) is 0.673. The molecule has 2 aromatic rings. The lowest BCUT2D eigenvalue weighted by Gasteiger charge is -2.33. The second-order valence-electron chi connectivity index (χ2n) is 6.40. The first kappa shape index (κ1) is 18.6. The van der Waals surface area contributed by atoms with E-state index in [0.717, 1.165) is 43.6 Å². The number of fused-ring (bicyclic) bond motifs is 1. The summed E-state index contributed by atoms with van der Waals surface area (Å²) >= 11 is 0. The number of rotatable bonds is 6. The zero-order valence-corrected chi connectivity index (χ0v) is 15.4. The van der Waals surface area contributed by atoms with E-state index in [0.29, 0.717) is 23.7 Å². The summed E-state index contributed by atoms with van der Waals surface area (Å²) < 4.78 is 29.3. The first-order valence-corrected chi connectivity index (χ1v) is 9.96. The second kappa shape index (κ2) is 7.60. The Labute approximate surface area is 152 Å². The zero-order valence-electron chi connectivity index (χ0n) is 14.6. The SMILES string of the molecule is COc1cc2ncnc(N3CCC(CCNS(N)(=O)=O)CC3)c2cc1O. The van der Waals surface area contributed by atoms with E-state index in [1.54, 1.807) is 12.1 Å². The van der Waals surface area contributed by atoms with Gasteiger partial charge in [-0.15, -0.1) is 0 Å². The third kappa shape index (κ3) is 4.32. The highest BCUT2D eigenvalue weighted by Gasteiger charge is 2.22. The minimum atomic E-state index is -3.62. The van der Waals surface area contributed by atoms with E-state index in [1.165, 1.54) is 13.4 Å². The van der Waals surface area contributed by atoms with Crippen LogP contribution in [0.3, 0.4) is 0 Å². The molecule has 0 aliphatic carbocycles. The summed E-state index contributed by atoms with van der Waals surface area (Å²) in [6.45, 7) is 1.96. The largest absolute Gasteiger partial charge is 0.504 e. The minimum absolute atomic E-state index is 0.0556. The number of nitrogens with zero attached hydrogens (tertiary/aromatic N) is 3. The fourth-order valence-electron chi connectivity index (χ4n) is 3.31. The molecule has 1 fully saturated rings. The Bertz CT molecular complexity index is 882. The van der Waals surface area contributed by atoms with E-state index in [1.807, 2.05) is 0 Å². The number of ether oxygens (including phenoxy) is 1. The Kier molecular flexibility index (Phi) is 5.44. The van der Waals surface area contributed by atoms with Gasteiger partial charge in [-0.3, -0.25) is 0 Å². The maximum atomic E-state index is 10.9. The van der Waals surface area contributed by atoms with Crippen LogP contribution in [0.4, 0.5) is 5.82 Å². The minimum Gasteiger partial charge on any atom is -0.504 e. The molecule has 0 amide bonds. The van der Waals surface area contributed by atoms with Crippen molar-refractivity contribution in [3.05, 3.63) is 18.5 Å². The summed E-state index contributed by atoms with van der Waals surface area (Å²) in [6.07, 6.45) is 4.13. The Morgan fingerprint density at radius 3 is 2.73 bits per heavy atom. The van der Waals surface area contributed by atoms with Gasteiger partial charge in [-0.05, 0) is 31.2 Å². The molecular weight excluding hydrogens is 358 g/mol. The van der Waals surface area contributed by atoms with E-state index in [2.05, 4.69) is 19.6 Å². The fourth-order valence-corrected chi connectivity index (χ4v) is 3.72. The smallest absolute Gasteiger partial charge is 0.274 e. The van der Waals surface area contributed by atoms with Gasteiger partial charge in [-0.2, -0.15) is 8.42 Å². The molecule has 0 radical (unpaired) electrons. The third-order valence-corrected chi connectivity index (χ3v) is 5.29. The maximum Gasteiger partial charge on any atom is 0.274 e. The van der Waals surface area contributed by atoms with Crippen LogP contribution in [-0.4, -0.2) is 50.2 Å². The molecule has 0 atom stereocenters. The number of anilines is 1. The summed E-state index contributed by atoms with van der Waals surface area (Å²) in [7, 11) is -2.13. The van der Waals surface area contributed by atoms with Gasteiger partial charge in [0.25, 0.3) is 10.2 Å². The van der Waals surface area contributed by atoms with Crippen LogP contribution >= 0.6 is 0 Å². The van der Waals surface area contributed by atoms with E-state index in [4.69, 9.17) is 9.88 Å². The van der Waals surface area contributed by atoms with Crippen molar-refractivity contribution in [2.45, 2.75) is 19.3 Å². The zero-order chi connectivity index (χ0) is 18.7. The topological polar surface area (TPSA) is 131 Å². The number of nitrogens with two attached hydrogens (primary N) is 1. The van der Waals surface area contributed by atoms with Crippen LogP contribution in [-0.2, 0) is 10.2 Å². The molecule has 1 aromatic carbocycles. The van der Waals surface area contributed by atoms with Crippen molar-refractivity contribution in [2.75, 3.05) is 31.6 Å². The van der Waals surface area contributed by atoms with Crippen LogP contribution in [0.25, 0.3) is 10.9 Å². The molecule has 26 heavy (non-hydrogen) atoms. The molecular formula is C16H23N5O4S. The molecule has 3 rings (SSSR count). The lowest BCUT2D eigenvalue weighted by molar-refractivity contribution is 0.374. The fraction of sp³-hybridized carbons (Fsp3) is 0.500. The molecule has 10 heteroatoms. The van der Waals surface area contributed by atoms with Gasteiger partial charge in [0.15, 0.2) is 11.5 Å². The lowest BCUT2D eigenvalue weighted by atomic mass is 9.93.